The molecule has 1 aliphatic carbocycles. The smallest absolute Gasteiger partial charge is 0.389 e. The molecule has 2 N–H and O–H groups in total. The number of nitrogens with zero attached hydrogens (tertiary/aromatic N) is 2. The fraction of sp³-hybridized carbons (Fsp3) is 0.417. The first-order chi connectivity index (χ1) is 9.28. The number of aromatic nitrogens is 1. The number of hydrogen-bond acceptors (Lipinski definition) is 3. The molecule has 0 aliphatic heterocycles. The van der Waals surface area contributed by atoms with Crippen molar-refractivity contribution in [2.24, 2.45) is 5.73 Å². The number of carbonyl (C=O) groups is 1. The second-order valence-electron chi connectivity index (χ2n) is 4.58. The molecule has 0 radical (unpaired) electrons. The summed E-state index contributed by atoms with van der Waals surface area (Å²) in [6.45, 7) is -1.25. The van der Waals surface area contributed by atoms with Gasteiger partial charge in [0.1, 0.15) is 17.2 Å². The van der Waals surface area contributed by atoms with E-state index < -0.39 is 18.6 Å². The Kier molecular flexibility index (Phi) is 3.94. The van der Waals surface area contributed by atoms with Gasteiger partial charge in [0.25, 0.3) is 5.91 Å². The van der Waals surface area contributed by atoms with E-state index in [1.165, 1.54) is 18.3 Å². The number of carbonyl (C=O) groups excluding carboxylic acids is 1. The first-order valence-corrected chi connectivity index (χ1v) is 6.32. The Morgan fingerprint density at radius 2 is 2.10 bits per heavy atom. The van der Waals surface area contributed by atoms with Crippen LogP contribution in [0.3, 0.4) is 0 Å². The molecule has 0 saturated heterocycles. The van der Waals surface area contributed by atoms with Gasteiger partial charge in [-0.1, -0.05) is 12.2 Å². The van der Waals surface area contributed by atoms with Gasteiger partial charge in [-0.2, -0.15) is 13.2 Å². The molecule has 1 aliphatic rings. The summed E-state index contributed by atoms with van der Waals surface area (Å²) < 4.78 is 37.5. The minimum Gasteiger partial charge on any atom is -0.389 e. The van der Waals surface area contributed by atoms with E-state index in [1.54, 1.807) is 0 Å². The molecule has 8 heteroatoms. The van der Waals surface area contributed by atoms with Crippen molar-refractivity contribution in [2.45, 2.75) is 25.1 Å². The summed E-state index contributed by atoms with van der Waals surface area (Å²) in [5.74, 6) is -0.723. The van der Waals surface area contributed by atoms with Gasteiger partial charge in [0, 0.05) is 17.8 Å². The van der Waals surface area contributed by atoms with Gasteiger partial charge in [-0.15, -0.1) is 0 Å². The van der Waals surface area contributed by atoms with E-state index in [1.807, 2.05) is 0 Å². The fourth-order valence-electron chi connectivity index (χ4n) is 1.76. The first kappa shape index (κ1) is 14.7. The van der Waals surface area contributed by atoms with Gasteiger partial charge in [-0.05, 0) is 25.0 Å². The van der Waals surface area contributed by atoms with Crippen molar-refractivity contribution in [3.8, 4) is 0 Å². The third-order valence-corrected chi connectivity index (χ3v) is 3.10. The Hall–Kier alpha value is -1.70. The van der Waals surface area contributed by atoms with Crippen LogP contribution in [0.4, 0.5) is 13.2 Å². The summed E-state index contributed by atoms with van der Waals surface area (Å²) in [5.41, 5.74) is 5.81. The monoisotopic (exact) mass is 303 g/mol. The molecule has 0 bridgehead atoms. The van der Waals surface area contributed by atoms with Crippen LogP contribution in [0.5, 0.6) is 0 Å². The molecule has 4 nitrogen and oxygen atoms in total. The number of pyridine rings is 1. The van der Waals surface area contributed by atoms with E-state index in [4.69, 9.17) is 18.0 Å². The molecule has 2 rings (SSSR count). The minimum absolute atomic E-state index is 0.0406. The van der Waals surface area contributed by atoms with Crippen LogP contribution in [-0.4, -0.2) is 39.5 Å². The van der Waals surface area contributed by atoms with Crippen LogP contribution in [-0.2, 0) is 0 Å². The van der Waals surface area contributed by atoms with E-state index in [9.17, 15) is 18.0 Å². The van der Waals surface area contributed by atoms with Crippen LogP contribution < -0.4 is 5.73 Å². The molecule has 0 spiro atoms. The zero-order valence-electron chi connectivity index (χ0n) is 10.4. The van der Waals surface area contributed by atoms with Crippen molar-refractivity contribution >= 4 is 23.1 Å². The molecule has 0 unspecified atom stereocenters. The molecule has 1 aromatic heterocycles. The summed E-state index contributed by atoms with van der Waals surface area (Å²) in [4.78, 5) is 16.9. The number of thiocarbonyl (C=S) groups is 1. The maximum Gasteiger partial charge on any atom is 0.406 e. The summed E-state index contributed by atoms with van der Waals surface area (Å²) in [7, 11) is 0. The number of rotatable bonds is 4. The van der Waals surface area contributed by atoms with Gasteiger partial charge >= 0.3 is 6.18 Å². The van der Waals surface area contributed by atoms with Crippen LogP contribution in [0.15, 0.2) is 18.3 Å². The molecule has 1 aromatic rings. The lowest BCUT2D eigenvalue weighted by molar-refractivity contribution is -0.141. The average Bonchev–Trinajstić information content (AvgIpc) is 3.18. The van der Waals surface area contributed by atoms with Crippen molar-refractivity contribution in [1.82, 2.24) is 9.88 Å². The van der Waals surface area contributed by atoms with Crippen molar-refractivity contribution in [2.75, 3.05) is 6.54 Å². The zero-order valence-corrected chi connectivity index (χ0v) is 11.2. The average molecular weight is 303 g/mol. The number of hydrogen-bond donors (Lipinski definition) is 1. The summed E-state index contributed by atoms with van der Waals surface area (Å²) in [6.07, 6.45) is -1.95. The Labute approximate surface area is 118 Å². The molecule has 0 atom stereocenters. The maximum absolute atomic E-state index is 12.5. The lowest BCUT2D eigenvalue weighted by Crippen LogP contribution is -2.40. The second kappa shape index (κ2) is 5.35. The molecule has 0 aromatic carbocycles. The van der Waals surface area contributed by atoms with Crippen LogP contribution in [0.25, 0.3) is 0 Å². The molecule has 20 heavy (non-hydrogen) atoms. The summed E-state index contributed by atoms with van der Waals surface area (Å²) in [5, 5.41) is 0. The molecule has 108 valence electrons. The highest BCUT2D eigenvalue weighted by molar-refractivity contribution is 7.80. The van der Waals surface area contributed by atoms with Crippen molar-refractivity contribution in [3.05, 3.63) is 29.6 Å². The molecular weight excluding hydrogens is 291 g/mol. The van der Waals surface area contributed by atoms with E-state index in [0.717, 1.165) is 4.90 Å². The van der Waals surface area contributed by atoms with Gasteiger partial charge in [-0.25, -0.2) is 0 Å². The Balaban J connectivity index is 2.17. The lowest BCUT2D eigenvalue weighted by atomic mass is 10.2. The number of halogens is 3. The van der Waals surface area contributed by atoms with E-state index >= 15 is 0 Å². The van der Waals surface area contributed by atoms with Gasteiger partial charge in [-0.3, -0.25) is 9.78 Å². The van der Waals surface area contributed by atoms with E-state index in [0.29, 0.717) is 18.4 Å². The largest absolute Gasteiger partial charge is 0.406 e. The first-order valence-electron chi connectivity index (χ1n) is 5.91. The number of alkyl halides is 3. The Bertz CT molecular complexity index is 526. The van der Waals surface area contributed by atoms with Crippen LogP contribution >= 0.6 is 12.2 Å². The highest BCUT2D eigenvalue weighted by atomic mass is 32.1. The van der Waals surface area contributed by atoms with Crippen LogP contribution in [0, 0.1) is 0 Å². The molecular formula is C12H12F3N3OS. The van der Waals surface area contributed by atoms with E-state index in [-0.39, 0.29) is 16.7 Å². The third-order valence-electron chi connectivity index (χ3n) is 2.87. The highest BCUT2D eigenvalue weighted by Crippen LogP contribution is 2.31. The zero-order chi connectivity index (χ0) is 14.9. The van der Waals surface area contributed by atoms with Crippen molar-refractivity contribution < 1.29 is 18.0 Å². The van der Waals surface area contributed by atoms with Crippen molar-refractivity contribution in [1.29, 1.82) is 0 Å². The molecule has 1 fully saturated rings. The summed E-state index contributed by atoms with van der Waals surface area (Å²) in [6, 6.07) is 2.46. The van der Waals surface area contributed by atoms with Gasteiger partial charge in [0.15, 0.2) is 0 Å². The fourth-order valence-corrected chi connectivity index (χ4v) is 1.88. The highest BCUT2D eigenvalue weighted by Gasteiger charge is 2.41. The molecule has 1 heterocycles. The van der Waals surface area contributed by atoms with Gasteiger partial charge in [0.2, 0.25) is 0 Å². The van der Waals surface area contributed by atoms with E-state index in [2.05, 4.69) is 4.98 Å². The van der Waals surface area contributed by atoms with Crippen LogP contribution in [0.2, 0.25) is 0 Å². The Morgan fingerprint density at radius 3 is 2.50 bits per heavy atom. The Morgan fingerprint density at radius 1 is 1.45 bits per heavy atom. The second-order valence-corrected chi connectivity index (χ2v) is 5.02. The normalized spacial score (nSPS) is 14.9. The predicted octanol–water partition coefficient (Wildman–Crippen LogP) is 1.88. The number of nitrogens with two attached hydrogens (primary N) is 1. The SMILES string of the molecule is NC(=S)c1ccc(C(=O)N(CC(F)(F)F)C2CC2)nc1. The van der Waals surface area contributed by atoms with Crippen LogP contribution in [0.1, 0.15) is 28.9 Å². The van der Waals surface area contributed by atoms with Gasteiger partial charge in [0.05, 0.1) is 0 Å². The minimum atomic E-state index is -4.42. The number of amides is 1. The lowest BCUT2D eigenvalue weighted by Gasteiger charge is -2.23. The van der Waals surface area contributed by atoms with Gasteiger partial charge < -0.3 is 10.6 Å². The predicted molar refractivity (Wildman–Crippen MR) is 70.2 cm³/mol. The molecule has 1 saturated carbocycles. The molecule has 1 amide bonds. The topological polar surface area (TPSA) is 59.2 Å². The summed E-state index contributed by atoms with van der Waals surface area (Å²) >= 11 is 4.74. The third kappa shape index (κ3) is 3.66. The quantitative estimate of drug-likeness (QED) is 0.863. The standard InChI is InChI=1S/C12H12F3N3OS/c13-12(14,15)6-18(8-2-3-8)11(19)9-4-1-7(5-17-9)10(16)20/h1,4-5,8H,2-3,6H2,(H2,16,20). The maximum atomic E-state index is 12.5. The van der Waals surface area contributed by atoms with Crippen molar-refractivity contribution in [3.63, 3.8) is 0 Å².